The molecule has 0 aliphatic carbocycles. The normalized spacial score (nSPS) is 11.8. The molecule has 0 spiro atoms. The van der Waals surface area contributed by atoms with E-state index in [2.05, 4.69) is 15.4 Å². The van der Waals surface area contributed by atoms with Gasteiger partial charge in [0.1, 0.15) is 5.52 Å². The van der Waals surface area contributed by atoms with E-state index in [1.165, 1.54) is 0 Å². The lowest BCUT2D eigenvalue weighted by Crippen LogP contribution is -1.63. The summed E-state index contributed by atoms with van der Waals surface area (Å²) < 4.78 is 7.36. The van der Waals surface area contributed by atoms with Gasteiger partial charge in [-0.15, -0.1) is 5.10 Å². The lowest BCUT2D eigenvalue weighted by Gasteiger charge is -1.79. The minimum Gasteiger partial charge on any atom is -0.258 e. The highest BCUT2D eigenvalue weighted by Crippen LogP contribution is 2.03. The molecule has 1 N–H and O–H groups in total. The van der Waals surface area contributed by atoms with E-state index in [4.69, 9.17) is 1.37 Å². The van der Waals surface area contributed by atoms with Crippen LogP contribution in [0.5, 0.6) is 0 Å². The van der Waals surface area contributed by atoms with Gasteiger partial charge in [-0.3, -0.25) is 5.10 Å². The predicted molar refractivity (Wildman–Crippen MR) is 33.9 cm³/mol. The van der Waals surface area contributed by atoms with Crippen LogP contribution in [0.4, 0.5) is 0 Å². The van der Waals surface area contributed by atoms with Crippen molar-refractivity contribution >= 4 is 11.0 Å². The van der Waals surface area contributed by atoms with Crippen LogP contribution in [-0.2, 0) is 0 Å². The molecule has 1 aromatic heterocycles. The average Bonchev–Trinajstić information content (AvgIpc) is 2.36. The fourth-order valence-electron chi connectivity index (χ4n) is 0.730. The van der Waals surface area contributed by atoms with Gasteiger partial charge in [-0.05, 0) is 12.1 Å². The topological polar surface area (TPSA) is 41.6 Å². The summed E-state index contributed by atoms with van der Waals surface area (Å²) in [6.07, 6.45) is 0. The summed E-state index contributed by atoms with van der Waals surface area (Å²) in [5.74, 6) is 0. The second-order valence-electron chi connectivity index (χ2n) is 1.74. The van der Waals surface area contributed by atoms with E-state index < -0.39 is 0 Å². The molecular formula is C6H5N3. The number of para-hydroxylation sites is 1. The Kier molecular flexibility index (Phi) is 0.621. The lowest BCUT2D eigenvalue weighted by atomic mass is 10.3. The third-order valence-corrected chi connectivity index (χ3v) is 1.15. The minimum atomic E-state index is 0.409. The molecule has 44 valence electrons. The largest absolute Gasteiger partial charge is 0.258 e. The number of nitrogens with one attached hydrogen (secondary N) is 1. The third-order valence-electron chi connectivity index (χ3n) is 1.15. The Bertz CT molecular complexity index is 355. The van der Waals surface area contributed by atoms with E-state index in [0.717, 1.165) is 5.52 Å². The quantitative estimate of drug-likeness (QED) is 0.564. The number of aromatic nitrogens is 3. The van der Waals surface area contributed by atoms with Crippen LogP contribution < -0.4 is 0 Å². The van der Waals surface area contributed by atoms with Gasteiger partial charge in [0.05, 0.1) is 6.89 Å². The predicted octanol–water partition coefficient (Wildman–Crippen LogP) is 0.958. The maximum Gasteiger partial charge on any atom is 0.112 e. The molecule has 0 fully saturated rings. The van der Waals surface area contributed by atoms with Crippen LogP contribution in [0.1, 0.15) is 1.37 Å². The third kappa shape index (κ3) is 0.579. The molecule has 0 atom stereocenters. The fourth-order valence-corrected chi connectivity index (χ4v) is 0.730. The summed E-state index contributed by atoms with van der Waals surface area (Å²) in [7, 11) is 0. The monoisotopic (exact) mass is 121 g/mol. The van der Waals surface area contributed by atoms with Crippen molar-refractivity contribution in [3.8, 4) is 0 Å². The van der Waals surface area contributed by atoms with Crippen molar-refractivity contribution < 1.29 is 1.37 Å². The number of H-pyrrole nitrogens is 1. The van der Waals surface area contributed by atoms with Crippen molar-refractivity contribution in [2.75, 3.05) is 0 Å². The Morgan fingerprint density at radius 3 is 3.44 bits per heavy atom. The van der Waals surface area contributed by atoms with Gasteiger partial charge < -0.3 is 0 Å². The van der Waals surface area contributed by atoms with E-state index in [9.17, 15) is 0 Å². The molecule has 2 rings (SSSR count). The summed E-state index contributed by atoms with van der Waals surface area (Å²) >= 11 is 0. The molecule has 1 aromatic carbocycles. The molecule has 9 heavy (non-hydrogen) atoms. The van der Waals surface area contributed by atoms with E-state index in [1.807, 2.05) is 6.07 Å². The highest BCUT2D eigenvalue weighted by Gasteiger charge is 1.90. The van der Waals surface area contributed by atoms with E-state index in [-0.39, 0.29) is 0 Å². The first kappa shape index (κ1) is 3.61. The standard InChI is InChI=1S/C6H5N3/c1-2-4-6-5(3-1)7-9-8-6/h1-4H,(H,7,8,9)/i3T. The van der Waals surface area contributed by atoms with Crippen molar-refractivity contribution in [1.29, 1.82) is 0 Å². The summed E-state index contributed by atoms with van der Waals surface area (Å²) in [6, 6.07) is 5.73. The molecule has 3 nitrogen and oxygen atoms in total. The van der Waals surface area contributed by atoms with Gasteiger partial charge in [-0.1, -0.05) is 17.3 Å². The van der Waals surface area contributed by atoms with Gasteiger partial charge in [0.15, 0.2) is 0 Å². The molecule has 1 heterocycles. The Morgan fingerprint density at radius 1 is 1.56 bits per heavy atom. The second kappa shape index (κ2) is 1.55. The van der Waals surface area contributed by atoms with Crippen LogP contribution in [-0.4, -0.2) is 15.4 Å². The molecular weight excluding hydrogens is 114 g/mol. The van der Waals surface area contributed by atoms with Crippen LogP contribution in [0.2, 0.25) is 0 Å². The van der Waals surface area contributed by atoms with Gasteiger partial charge in [-0.25, -0.2) is 0 Å². The van der Waals surface area contributed by atoms with Gasteiger partial charge in [-0.2, -0.15) is 0 Å². The number of aromatic amines is 1. The van der Waals surface area contributed by atoms with Crippen LogP contribution in [0.3, 0.4) is 0 Å². The molecule has 3 heteroatoms. The zero-order valence-corrected chi connectivity index (χ0v) is 4.63. The zero-order valence-electron chi connectivity index (χ0n) is 5.63. The average molecular weight is 121 g/mol. The highest BCUT2D eigenvalue weighted by molar-refractivity contribution is 5.72. The van der Waals surface area contributed by atoms with Crippen LogP contribution in [0, 0.1) is 0 Å². The Labute approximate surface area is 53.1 Å². The first-order chi connectivity index (χ1) is 4.88. The first-order valence-electron chi connectivity index (χ1n) is 3.14. The lowest BCUT2D eigenvalue weighted by molar-refractivity contribution is 0.959. The molecule has 0 amide bonds. The Morgan fingerprint density at radius 2 is 2.56 bits per heavy atom. The second-order valence-corrected chi connectivity index (χ2v) is 1.74. The van der Waals surface area contributed by atoms with Gasteiger partial charge in [0.2, 0.25) is 0 Å². The molecule has 0 bridgehead atoms. The molecule has 0 aliphatic rings. The maximum absolute atomic E-state index is 7.36. The highest BCUT2D eigenvalue weighted by atomic mass is 15.3. The van der Waals surface area contributed by atoms with Crippen molar-refractivity contribution in [3.05, 3.63) is 24.2 Å². The first-order valence-corrected chi connectivity index (χ1v) is 2.64. The van der Waals surface area contributed by atoms with E-state index in [0.29, 0.717) is 11.6 Å². The molecule has 0 aliphatic heterocycles. The van der Waals surface area contributed by atoms with Crippen LogP contribution >= 0.6 is 0 Å². The summed E-state index contributed by atoms with van der Waals surface area (Å²) in [4.78, 5) is 0. The van der Waals surface area contributed by atoms with Crippen molar-refractivity contribution in [3.63, 3.8) is 0 Å². The number of hydrogen-bond acceptors (Lipinski definition) is 2. The van der Waals surface area contributed by atoms with Crippen LogP contribution in [0.25, 0.3) is 11.0 Å². The number of fused-ring (bicyclic) bond motifs is 1. The molecule has 2 aromatic rings. The number of benzene rings is 1. The Hall–Kier alpha value is -1.38. The van der Waals surface area contributed by atoms with Gasteiger partial charge >= 0.3 is 0 Å². The van der Waals surface area contributed by atoms with E-state index >= 15 is 0 Å². The van der Waals surface area contributed by atoms with Gasteiger partial charge in [0.25, 0.3) is 0 Å². The number of rotatable bonds is 0. The van der Waals surface area contributed by atoms with Crippen LogP contribution in [0.15, 0.2) is 24.2 Å². The van der Waals surface area contributed by atoms with Gasteiger partial charge in [0, 0.05) is 0 Å². The smallest absolute Gasteiger partial charge is 0.112 e. The molecule has 0 radical (unpaired) electrons. The summed E-state index contributed by atoms with van der Waals surface area (Å²) in [5, 5.41) is 9.97. The van der Waals surface area contributed by atoms with Crippen molar-refractivity contribution in [2.45, 2.75) is 0 Å². The molecule has 0 saturated carbocycles. The molecule has 0 saturated heterocycles. The fraction of sp³-hybridized carbons (Fsp3) is 0. The summed E-state index contributed by atoms with van der Waals surface area (Å²) in [6.45, 7) is 0. The zero-order chi connectivity index (χ0) is 6.97. The number of hydrogen-bond donors (Lipinski definition) is 1. The summed E-state index contributed by atoms with van der Waals surface area (Å²) in [5.41, 5.74) is 1.44. The SMILES string of the molecule is [3H]c1cccc2[nH]nnc12. The van der Waals surface area contributed by atoms with Crippen molar-refractivity contribution in [1.82, 2.24) is 15.4 Å². The van der Waals surface area contributed by atoms with E-state index in [1.54, 1.807) is 12.1 Å². The Balaban J connectivity index is 2.95. The molecule has 0 unspecified atom stereocenters. The van der Waals surface area contributed by atoms with Crippen molar-refractivity contribution in [2.24, 2.45) is 0 Å². The number of nitrogens with zero attached hydrogens (tertiary/aromatic N) is 2. The maximum atomic E-state index is 7.36. The minimum absolute atomic E-state index is 0.409.